The van der Waals surface area contributed by atoms with Crippen LogP contribution in [0.4, 0.5) is 0 Å². The Bertz CT molecular complexity index is 715. The Hall–Kier alpha value is -1.37. The first-order valence-corrected chi connectivity index (χ1v) is 9.18. The first-order chi connectivity index (χ1) is 10.1. The van der Waals surface area contributed by atoms with E-state index in [9.17, 15) is 8.42 Å². The van der Waals surface area contributed by atoms with E-state index in [1.54, 1.807) is 40.6 Å². The van der Waals surface area contributed by atoms with E-state index in [2.05, 4.69) is 4.98 Å². The van der Waals surface area contributed by atoms with Gasteiger partial charge in [0.25, 0.3) is 0 Å². The number of hydrogen-bond acceptors (Lipinski definition) is 4. The Morgan fingerprint density at radius 2 is 2.00 bits per heavy atom. The van der Waals surface area contributed by atoms with Gasteiger partial charge in [-0.3, -0.25) is 4.98 Å². The quantitative estimate of drug-likeness (QED) is 0.872. The minimum atomic E-state index is -3.47. The van der Waals surface area contributed by atoms with Crippen LogP contribution >= 0.6 is 11.8 Å². The number of aryl methyl sites for hydroxylation is 1. The first-order valence-electron chi connectivity index (χ1n) is 6.69. The van der Waals surface area contributed by atoms with E-state index in [-0.39, 0.29) is 5.37 Å². The summed E-state index contributed by atoms with van der Waals surface area (Å²) >= 11 is 1.64. The van der Waals surface area contributed by atoms with Crippen LogP contribution in [0.1, 0.15) is 16.5 Å². The summed E-state index contributed by atoms with van der Waals surface area (Å²) in [6.07, 6.45) is 3.43. The summed E-state index contributed by atoms with van der Waals surface area (Å²) in [5, 5.41) is -0.190. The highest BCUT2D eigenvalue weighted by atomic mass is 32.2. The van der Waals surface area contributed by atoms with E-state index >= 15 is 0 Å². The molecule has 110 valence electrons. The third kappa shape index (κ3) is 2.84. The van der Waals surface area contributed by atoms with Crippen molar-refractivity contribution in [2.24, 2.45) is 0 Å². The molecule has 1 fully saturated rings. The predicted octanol–water partition coefficient (Wildman–Crippen LogP) is 2.83. The fourth-order valence-electron chi connectivity index (χ4n) is 2.33. The lowest BCUT2D eigenvalue weighted by atomic mass is 10.2. The van der Waals surface area contributed by atoms with Crippen LogP contribution in [0.5, 0.6) is 0 Å². The average Bonchev–Trinajstić information content (AvgIpc) is 2.99. The van der Waals surface area contributed by atoms with Crippen molar-refractivity contribution in [2.75, 3.05) is 12.3 Å². The van der Waals surface area contributed by atoms with Gasteiger partial charge in [0, 0.05) is 24.7 Å². The second kappa shape index (κ2) is 5.79. The minimum absolute atomic E-state index is 0.190. The molecule has 0 amide bonds. The predicted molar refractivity (Wildman–Crippen MR) is 84.5 cm³/mol. The second-order valence-electron chi connectivity index (χ2n) is 4.94. The molecule has 2 heterocycles. The van der Waals surface area contributed by atoms with Crippen LogP contribution in [0.2, 0.25) is 0 Å². The summed E-state index contributed by atoms with van der Waals surface area (Å²) < 4.78 is 27.2. The van der Waals surface area contributed by atoms with Crippen LogP contribution in [-0.2, 0) is 10.0 Å². The van der Waals surface area contributed by atoms with Gasteiger partial charge in [0.05, 0.1) is 10.3 Å². The molecule has 2 aromatic rings. The van der Waals surface area contributed by atoms with Gasteiger partial charge in [0.2, 0.25) is 10.0 Å². The molecule has 1 aliphatic rings. The summed E-state index contributed by atoms with van der Waals surface area (Å²) in [5.41, 5.74) is 1.98. The normalized spacial score (nSPS) is 19.8. The van der Waals surface area contributed by atoms with Crippen molar-refractivity contribution >= 4 is 21.8 Å². The van der Waals surface area contributed by atoms with Gasteiger partial charge in [0.1, 0.15) is 0 Å². The van der Waals surface area contributed by atoms with Gasteiger partial charge in [-0.15, -0.1) is 11.8 Å². The number of aromatic nitrogens is 1. The number of sulfonamides is 1. The van der Waals surface area contributed by atoms with Crippen LogP contribution in [0.25, 0.3) is 0 Å². The molecule has 1 aliphatic heterocycles. The summed E-state index contributed by atoms with van der Waals surface area (Å²) in [6.45, 7) is 2.47. The van der Waals surface area contributed by atoms with Crippen LogP contribution in [0.3, 0.4) is 0 Å². The van der Waals surface area contributed by atoms with Crippen LogP contribution in [0, 0.1) is 6.92 Å². The molecule has 1 saturated heterocycles. The molecule has 1 aromatic carbocycles. The summed E-state index contributed by atoms with van der Waals surface area (Å²) in [7, 11) is -3.47. The Labute approximate surface area is 129 Å². The summed E-state index contributed by atoms with van der Waals surface area (Å²) in [6, 6.07) is 10.8. The van der Waals surface area contributed by atoms with Crippen molar-refractivity contribution in [1.82, 2.24) is 9.29 Å². The SMILES string of the molecule is Cc1ccc(S(=O)(=O)N2CCSC2c2cccnc2)cc1. The lowest BCUT2D eigenvalue weighted by Crippen LogP contribution is -2.30. The molecule has 0 spiro atoms. The molecule has 1 aromatic heterocycles. The fourth-order valence-corrected chi connectivity index (χ4v) is 5.55. The maximum absolute atomic E-state index is 12.8. The molecule has 1 atom stereocenters. The van der Waals surface area contributed by atoms with Gasteiger partial charge in [0.15, 0.2) is 0 Å². The molecule has 6 heteroatoms. The highest BCUT2D eigenvalue weighted by molar-refractivity contribution is 8.01. The molecule has 0 aliphatic carbocycles. The monoisotopic (exact) mass is 320 g/mol. The molecular formula is C15H16N2O2S2. The molecule has 0 radical (unpaired) electrons. The van der Waals surface area contributed by atoms with Gasteiger partial charge in [-0.25, -0.2) is 8.42 Å². The molecule has 0 saturated carbocycles. The van der Waals surface area contributed by atoms with Crippen molar-refractivity contribution in [2.45, 2.75) is 17.2 Å². The number of thioether (sulfide) groups is 1. The third-order valence-corrected chi connectivity index (χ3v) is 6.72. The van der Waals surface area contributed by atoms with Crippen molar-refractivity contribution < 1.29 is 8.42 Å². The van der Waals surface area contributed by atoms with Crippen molar-refractivity contribution in [1.29, 1.82) is 0 Å². The summed E-state index contributed by atoms with van der Waals surface area (Å²) in [4.78, 5) is 4.45. The number of nitrogens with zero attached hydrogens (tertiary/aromatic N) is 2. The maximum Gasteiger partial charge on any atom is 0.244 e. The fraction of sp³-hybridized carbons (Fsp3) is 0.267. The molecule has 1 unspecified atom stereocenters. The van der Waals surface area contributed by atoms with Gasteiger partial charge >= 0.3 is 0 Å². The van der Waals surface area contributed by atoms with Crippen molar-refractivity contribution in [3.8, 4) is 0 Å². The number of rotatable bonds is 3. The third-order valence-electron chi connectivity index (χ3n) is 3.45. The average molecular weight is 320 g/mol. The van der Waals surface area contributed by atoms with E-state index in [1.165, 1.54) is 0 Å². The molecular weight excluding hydrogens is 304 g/mol. The largest absolute Gasteiger partial charge is 0.264 e. The van der Waals surface area contributed by atoms with E-state index in [4.69, 9.17) is 0 Å². The van der Waals surface area contributed by atoms with E-state index in [0.29, 0.717) is 11.4 Å². The lowest BCUT2D eigenvalue weighted by molar-refractivity contribution is 0.434. The van der Waals surface area contributed by atoms with Gasteiger partial charge in [-0.1, -0.05) is 23.8 Å². The molecule has 0 bridgehead atoms. The topological polar surface area (TPSA) is 50.3 Å². The standard InChI is InChI=1S/C15H16N2O2S2/c1-12-4-6-14(7-5-12)21(18,19)17-9-10-20-15(17)13-3-2-8-16-11-13/h2-8,11,15H,9-10H2,1H3. The number of pyridine rings is 1. The molecule has 3 rings (SSSR count). The minimum Gasteiger partial charge on any atom is -0.264 e. The van der Waals surface area contributed by atoms with Gasteiger partial charge in [-0.05, 0) is 30.7 Å². The van der Waals surface area contributed by atoms with E-state index in [0.717, 1.165) is 16.9 Å². The van der Waals surface area contributed by atoms with Crippen LogP contribution in [0.15, 0.2) is 53.7 Å². The molecule has 0 N–H and O–H groups in total. The highest BCUT2D eigenvalue weighted by Crippen LogP contribution is 2.40. The van der Waals surface area contributed by atoms with Gasteiger partial charge < -0.3 is 0 Å². The Balaban J connectivity index is 1.96. The number of hydrogen-bond donors (Lipinski definition) is 0. The maximum atomic E-state index is 12.8. The Morgan fingerprint density at radius 1 is 1.24 bits per heavy atom. The van der Waals surface area contributed by atoms with Crippen LogP contribution < -0.4 is 0 Å². The lowest BCUT2D eigenvalue weighted by Gasteiger charge is -2.23. The molecule has 4 nitrogen and oxygen atoms in total. The Morgan fingerprint density at radius 3 is 2.67 bits per heavy atom. The smallest absolute Gasteiger partial charge is 0.244 e. The second-order valence-corrected chi connectivity index (χ2v) is 8.02. The van der Waals surface area contributed by atoms with E-state index in [1.807, 2.05) is 31.2 Å². The zero-order valence-corrected chi connectivity index (χ0v) is 13.3. The van der Waals surface area contributed by atoms with Crippen molar-refractivity contribution in [3.63, 3.8) is 0 Å². The Kier molecular flexibility index (Phi) is 4.01. The summed E-state index contributed by atoms with van der Waals surface area (Å²) in [5.74, 6) is 0.796. The number of benzene rings is 1. The van der Waals surface area contributed by atoms with Crippen molar-refractivity contribution in [3.05, 3.63) is 59.9 Å². The van der Waals surface area contributed by atoms with Gasteiger partial charge in [-0.2, -0.15) is 4.31 Å². The zero-order chi connectivity index (χ0) is 14.9. The first kappa shape index (κ1) is 14.6. The van der Waals surface area contributed by atoms with Crippen LogP contribution in [-0.4, -0.2) is 30.0 Å². The zero-order valence-electron chi connectivity index (χ0n) is 11.6. The molecule has 21 heavy (non-hydrogen) atoms. The highest BCUT2D eigenvalue weighted by Gasteiger charge is 2.36. The van der Waals surface area contributed by atoms with E-state index < -0.39 is 10.0 Å².